The fraction of sp³-hybridized carbons (Fsp3) is 0.269. The molecule has 0 spiro atoms. The number of rotatable bonds is 14. The van der Waals surface area contributed by atoms with Gasteiger partial charge in [0.1, 0.15) is 13.2 Å². The highest BCUT2D eigenvalue weighted by molar-refractivity contribution is 7.47. The topological polar surface area (TPSA) is 184 Å². The van der Waals surface area contributed by atoms with Gasteiger partial charge < -0.3 is 44.1 Å². The van der Waals surface area contributed by atoms with Crippen LogP contribution in [0.5, 0.6) is 0 Å². The standard InChI is InChI=1S/C16H18N2O5.C10H13N2O4P/c19-8-5-13-14(21-9-11-3-1-6-17-11)15(16(20)23-13)22-10-12-4-2-7-18-12;13-17(14,15-7-9-3-1-5-11-9)16-8-10-4-2-6-12-10/h1-4,6-7,13,17-19H,5,8-10H2;1-6,11-12H,7-8H2,(H,13,14). The number of phosphoric acid groups is 1. The van der Waals surface area contributed by atoms with E-state index in [1.807, 2.05) is 24.3 Å². The predicted molar refractivity (Wildman–Crippen MR) is 141 cm³/mol. The van der Waals surface area contributed by atoms with E-state index in [9.17, 15) is 14.3 Å². The molecule has 14 heteroatoms. The van der Waals surface area contributed by atoms with Crippen LogP contribution in [0.15, 0.2) is 84.8 Å². The molecule has 5 heterocycles. The highest BCUT2D eigenvalue weighted by Gasteiger charge is 2.37. The van der Waals surface area contributed by atoms with Crippen molar-refractivity contribution in [3.05, 3.63) is 108 Å². The Morgan fingerprint density at radius 2 is 1.20 bits per heavy atom. The van der Waals surface area contributed by atoms with Gasteiger partial charge in [-0.3, -0.25) is 9.05 Å². The Bertz CT molecular complexity index is 1310. The van der Waals surface area contributed by atoms with Crippen molar-refractivity contribution in [1.29, 1.82) is 0 Å². The fourth-order valence-electron chi connectivity index (χ4n) is 3.55. The molecule has 0 radical (unpaired) electrons. The Morgan fingerprint density at radius 1 is 0.750 bits per heavy atom. The molecule has 5 rings (SSSR count). The lowest BCUT2D eigenvalue weighted by Crippen LogP contribution is -2.15. The van der Waals surface area contributed by atoms with Gasteiger partial charge in [-0.2, -0.15) is 0 Å². The second-order valence-electron chi connectivity index (χ2n) is 8.47. The molecular formula is C26H31N4O9P. The predicted octanol–water partition coefficient (Wildman–Crippen LogP) is 3.77. The van der Waals surface area contributed by atoms with Gasteiger partial charge in [-0.1, -0.05) is 0 Å². The maximum absolute atomic E-state index is 12.0. The van der Waals surface area contributed by atoms with Gasteiger partial charge in [0.15, 0.2) is 11.9 Å². The van der Waals surface area contributed by atoms with Gasteiger partial charge >= 0.3 is 13.8 Å². The number of cyclic esters (lactones) is 1. The molecule has 0 saturated heterocycles. The van der Waals surface area contributed by atoms with E-state index in [0.717, 1.165) is 11.4 Å². The summed E-state index contributed by atoms with van der Waals surface area (Å²) in [7, 11) is -4.01. The van der Waals surface area contributed by atoms with Crippen molar-refractivity contribution < 1.29 is 42.6 Å². The van der Waals surface area contributed by atoms with Gasteiger partial charge in [0.2, 0.25) is 5.76 Å². The van der Waals surface area contributed by atoms with Crippen LogP contribution in [-0.4, -0.2) is 48.6 Å². The second-order valence-corrected chi connectivity index (χ2v) is 9.93. The number of H-pyrrole nitrogens is 4. The molecular weight excluding hydrogens is 543 g/mol. The average Bonchev–Trinajstić information content (AvgIpc) is 3.78. The third kappa shape index (κ3) is 8.76. The average molecular weight is 575 g/mol. The molecule has 0 amide bonds. The van der Waals surface area contributed by atoms with E-state index < -0.39 is 19.9 Å². The Labute approximate surface area is 229 Å². The number of phosphoric ester groups is 1. The number of esters is 1. The molecule has 0 fully saturated rings. The minimum Gasteiger partial charge on any atom is -0.484 e. The summed E-state index contributed by atoms with van der Waals surface area (Å²) in [5, 5.41) is 9.13. The first kappa shape index (κ1) is 29.0. The van der Waals surface area contributed by atoms with Crippen molar-refractivity contribution in [3.63, 3.8) is 0 Å². The first-order valence-electron chi connectivity index (χ1n) is 12.4. The minimum absolute atomic E-state index is 0.00546. The maximum Gasteiger partial charge on any atom is 0.472 e. The largest absolute Gasteiger partial charge is 0.484 e. The quantitative estimate of drug-likeness (QED) is 0.0964. The summed E-state index contributed by atoms with van der Waals surface area (Å²) in [5.74, 6) is -0.189. The smallest absolute Gasteiger partial charge is 0.472 e. The molecule has 1 aliphatic rings. The van der Waals surface area contributed by atoms with Gasteiger partial charge in [0, 0.05) is 49.2 Å². The van der Waals surface area contributed by atoms with E-state index in [0.29, 0.717) is 17.1 Å². The van der Waals surface area contributed by atoms with Gasteiger partial charge in [0.25, 0.3) is 0 Å². The van der Waals surface area contributed by atoms with Gasteiger partial charge in [-0.25, -0.2) is 9.36 Å². The van der Waals surface area contributed by atoms with Crippen LogP contribution in [0, 0.1) is 0 Å². The summed E-state index contributed by atoms with van der Waals surface area (Å²) in [6.45, 7) is 0.364. The number of hydrogen-bond donors (Lipinski definition) is 6. The Balaban J connectivity index is 0.000000194. The van der Waals surface area contributed by atoms with Crippen molar-refractivity contribution in [2.45, 2.75) is 39.0 Å². The minimum atomic E-state index is -4.01. The zero-order valence-corrected chi connectivity index (χ0v) is 22.3. The number of aromatic amines is 4. The van der Waals surface area contributed by atoms with Crippen LogP contribution in [-0.2, 0) is 59.0 Å². The van der Waals surface area contributed by atoms with Crippen molar-refractivity contribution in [1.82, 2.24) is 19.9 Å². The number of carbonyl (C=O) groups is 1. The van der Waals surface area contributed by atoms with E-state index in [1.165, 1.54) is 0 Å². The molecule has 1 aliphatic heterocycles. The molecule has 0 bridgehead atoms. The van der Waals surface area contributed by atoms with Crippen molar-refractivity contribution >= 4 is 13.8 Å². The van der Waals surface area contributed by atoms with Gasteiger partial charge in [0.05, 0.1) is 24.6 Å². The van der Waals surface area contributed by atoms with Crippen molar-refractivity contribution in [3.8, 4) is 0 Å². The number of carbonyl (C=O) groups excluding carboxylic acids is 1. The van der Waals surface area contributed by atoms with Gasteiger partial charge in [-0.05, 0) is 48.5 Å². The third-order valence-electron chi connectivity index (χ3n) is 5.51. The van der Waals surface area contributed by atoms with Crippen LogP contribution in [0.1, 0.15) is 29.2 Å². The molecule has 214 valence electrons. The van der Waals surface area contributed by atoms with E-state index in [2.05, 4.69) is 19.9 Å². The number of ether oxygens (including phenoxy) is 3. The first-order chi connectivity index (χ1) is 19.4. The Hall–Kier alpha value is -4.00. The lowest BCUT2D eigenvalue weighted by molar-refractivity contribution is -0.143. The lowest BCUT2D eigenvalue weighted by atomic mass is 10.2. The summed E-state index contributed by atoms with van der Waals surface area (Å²) in [6, 6.07) is 14.5. The van der Waals surface area contributed by atoms with Crippen LogP contribution in [0.2, 0.25) is 0 Å². The molecule has 4 aromatic rings. The molecule has 0 aliphatic carbocycles. The molecule has 13 nitrogen and oxygen atoms in total. The van der Waals surface area contributed by atoms with Gasteiger partial charge in [-0.15, -0.1) is 0 Å². The highest BCUT2D eigenvalue weighted by Crippen LogP contribution is 2.44. The van der Waals surface area contributed by atoms with Crippen LogP contribution in [0.4, 0.5) is 0 Å². The summed E-state index contributed by atoms with van der Waals surface area (Å²) in [6.07, 6.45) is 6.62. The summed E-state index contributed by atoms with van der Waals surface area (Å²) in [5.41, 5.74) is 3.12. The molecule has 0 aromatic carbocycles. The van der Waals surface area contributed by atoms with Crippen LogP contribution in [0.25, 0.3) is 0 Å². The van der Waals surface area contributed by atoms with E-state index in [1.54, 1.807) is 49.1 Å². The molecule has 40 heavy (non-hydrogen) atoms. The molecule has 0 saturated carbocycles. The first-order valence-corrected chi connectivity index (χ1v) is 13.9. The van der Waals surface area contributed by atoms with Crippen LogP contribution >= 0.6 is 7.82 Å². The maximum atomic E-state index is 12.0. The summed E-state index contributed by atoms with van der Waals surface area (Å²) < 4.78 is 37.6. The van der Waals surface area contributed by atoms with E-state index in [4.69, 9.17) is 28.4 Å². The normalized spacial score (nSPS) is 15.1. The molecule has 1 atom stereocenters. The second kappa shape index (κ2) is 14.4. The number of nitrogens with one attached hydrogen (secondary N) is 4. The fourth-order valence-corrected chi connectivity index (χ4v) is 4.23. The van der Waals surface area contributed by atoms with Crippen LogP contribution < -0.4 is 0 Å². The summed E-state index contributed by atoms with van der Waals surface area (Å²) in [4.78, 5) is 33.1. The monoisotopic (exact) mass is 574 g/mol. The third-order valence-corrected chi connectivity index (χ3v) is 6.42. The van der Waals surface area contributed by atoms with Crippen molar-refractivity contribution in [2.75, 3.05) is 6.61 Å². The van der Waals surface area contributed by atoms with E-state index >= 15 is 0 Å². The number of aliphatic hydroxyl groups is 1. The summed E-state index contributed by atoms with van der Waals surface area (Å²) >= 11 is 0. The molecule has 4 aromatic heterocycles. The Morgan fingerprint density at radius 3 is 1.62 bits per heavy atom. The molecule has 1 unspecified atom stereocenters. The Kier molecular flexibility index (Phi) is 10.4. The van der Waals surface area contributed by atoms with Crippen molar-refractivity contribution in [2.24, 2.45) is 0 Å². The lowest BCUT2D eigenvalue weighted by Gasteiger charge is -2.13. The highest BCUT2D eigenvalue weighted by atomic mass is 31.2. The SMILES string of the molecule is O=C1OC(CCO)C(OCc2ccc[nH]2)=C1OCc1ccc[nH]1.O=P(O)(OCc1ccc[nH]1)OCc1ccc[nH]1. The van der Waals surface area contributed by atoms with Crippen LogP contribution in [0.3, 0.4) is 0 Å². The zero-order chi connectivity index (χ0) is 28.2. The van der Waals surface area contributed by atoms with E-state index in [-0.39, 0.29) is 45.2 Å². The number of aromatic nitrogens is 4. The number of hydrogen-bond acceptors (Lipinski definition) is 8. The zero-order valence-electron chi connectivity index (χ0n) is 21.4. The molecule has 6 N–H and O–H groups in total. The number of aliphatic hydroxyl groups excluding tert-OH is 1.